The molecule has 0 saturated heterocycles. The fraction of sp³-hybridized carbons (Fsp3) is 0.303. The molecule has 3 heterocycles. The topological polar surface area (TPSA) is 86.8 Å². The number of amides is 3. The number of hydrogen-bond donors (Lipinski definition) is 2. The molecule has 4 aromatic rings. The van der Waals surface area contributed by atoms with Gasteiger partial charge in [-0.05, 0) is 94.6 Å². The molecule has 42 heavy (non-hydrogen) atoms. The van der Waals surface area contributed by atoms with Crippen molar-refractivity contribution in [3.05, 3.63) is 83.4 Å². The molecule has 1 aliphatic carbocycles. The number of anilines is 3. The van der Waals surface area contributed by atoms with Crippen molar-refractivity contribution < 1.29 is 14.3 Å². The molecule has 216 valence electrons. The average Bonchev–Trinajstić information content (AvgIpc) is 3.34. The highest BCUT2D eigenvalue weighted by Crippen LogP contribution is 2.51. The molecule has 0 spiro atoms. The number of benzene rings is 2. The lowest BCUT2D eigenvalue weighted by Crippen LogP contribution is -2.37. The Morgan fingerprint density at radius 2 is 1.88 bits per heavy atom. The number of rotatable bonds is 8. The van der Waals surface area contributed by atoms with E-state index < -0.39 is 0 Å². The molecule has 2 aliphatic rings. The van der Waals surface area contributed by atoms with Crippen LogP contribution in [0.25, 0.3) is 10.2 Å². The van der Waals surface area contributed by atoms with Gasteiger partial charge in [0.05, 0.1) is 22.4 Å². The minimum absolute atomic E-state index is 0.0339. The predicted octanol–water partition coefficient (Wildman–Crippen LogP) is 7.34. The Balaban J connectivity index is 1.21. The molecule has 0 atom stereocenters. The highest BCUT2D eigenvalue weighted by atomic mass is 32.1. The zero-order valence-electron chi connectivity index (χ0n) is 24.1. The molecule has 0 unspecified atom stereocenters. The quantitative estimate of drug-likeness (QED) is 0.213. The standard InChI is InChI=1S/C33H35N5O3S/c1-21-20-25(41-24-8-5-4-6-9-24)15-16-26(21)38-27-17-18-34-32-29(27)30(36-33(38)40)31(42-32)22-11-13-23(14-12-22)35-28(39)10-7-19-37(2)3/h4-10,15-18,20,22-23H,11-14,19H2,1-3H3,(H,35,39)(H,36,40)/b10-7+. The van der Waals surface area contributed by atoms with Gasteiger partial charge in [-0.1, -0.05) is 24.3 Å². The van der Waals surface area contributed by atoms with Gasteiger partial charge in [0.15, 0.2) is 0 Å². The molecule has 2 N–H and O–H groups in total. The van der Waals surface area contributed by atoms with Gasteiger partial charge in [0.25, 0.3) is 0 Å². The molecule has 1 saturated carbocycles. The Kier molecular flexibility index (Phi) is 7.95. The monoisotopic (exact) mass is 581 g/mol. The van der Waals surface area contributed by atoms with Gasteiger partial charge in [-0.25, -0.2) is 9.78 Å². The molecule has 1 aliphatic heterocycles. The molecule has 0 bridgehead atoms. The van der Waals surface area contributed by atoms with Crippen LogP contribution in [0.4, 0.5) is 21.9 Å². The van der Waals surface area contributed by atoms with Crippen LogP contribution in [0.1, 0.15) is 42.0 Å². The summed E-state index contributed by atoms with van der Waals surface area (Å²) in [5.41, 5.74) is 3.46. The van der Waals surface area contributed by atoms with Crippen LogP contribution in [0.5, 0.6) is 11.5 Å². The molecule has 2 aromatic carbocycles. The number of carbonyl (C=O) groups is 2. The van der Waals surface area contributed by atoms with E-state index in [0.717, 1.165) is 76.6 Å². The van der Waals surface area contributed by atoms with E-state index in [1.54, 1.807) is 28.5 Å². The van der Waals surface area contributed by atoms with E-state index in [-0.39, 0.29) is 18.0 Å². The second-order valence-electron chi connectivity index (χ2n) is 11.2. The summed E-state index contributed by atoms with van der Waals surface area (Å²) in [5, 5.41) is 7.36. The maximum atomic E-state index is 13.7. The second-order valence-corrected chi connectivity index (χ2v) is 12.2. The maximum Gasteiger partial charge on any atom is 0.331 e. The van der Waals surface area contributed by atoms with Crippen molar-refractivity contribution in [1.29, 1.82) is 0 Å². The normalized spacial score (nSPS) is 18.5. The first-order valence-electron chi connectivity index (χ1n) is 14.3. The van der Waals surface area contributed by atoms with Crippen molar-refractivity contribution in [2.24, 2.45) is 0 Å². The number of aromatic nitrogens is 1. The third-order valence-corrected chi connectivity index (χ3v) is 9.11. The zero-order valence-corrected chi connectivity index (χ0v) is 24.9. The van der Waals surface area contributed by atoms with Crippen LogP contribution in [0, 0.1) is 6.92 Å². The summed E-state index contributed by atoms with van der Waals surface area (Å²) in [7, 11) is 3.95. The maximum absolute atomic E-state index is 13.7. The Morgan fingerprint density at radius 3 is 2.62 bits per heavy atom. The summed E-state index contributed by atoms with van der Waals surface area (Å²) in [4.78, 5) is 36.5. The summed E-state index contributed by atoms with van der Waals surface area (Å²) in [5.74, 6) is 1.76. The molecule has 1 fully saturated rings. The molecule has 3 amide bonds. The van der Waals surface area contributed by atoms with E-state index in [9.17, 15) is 9.59 Å². The minimum Gasteiger partial charge on any atom is -0.457 e. The molecule has 6 rings (SSSR count). The molecule has 9 heteroatoms. The number of carbonyl (C=O) groups excluding carboxylic acids is 2. The fourth-order valence-corrected chi connectivity index (χ4v) is 7.11. The first-order valence-corrected chi connectivity index (χ1v) is 15.2. The number of likely N-dealkylation sites (N-methyl/N-ethyl adjacent to an activating group) is 1. The lowest BCUT2D eigenvalue weighted by atomic mass is 9.84. The van der Waals surface area contributed by atoms with Gasteiger partial charge in [-0.3, -0.25) is 9.69 Å². The van der Waals surface area contributed by atoms with Gasteiger partial charge < -0.3 is 20.3 Å². The van der Waals surface area contributed by atoms with Crippen LogP contribution < -0.4 is 20.3 Å². The summed E-state index contributed by atoms with van der Waals surface area (Å²) < 4.78 is 6.01. The van der Waals surface area contributed by atoms with Crippen LogP contribution in [-0.4, -0.2) is 48.5 Å². The number of thiophene rings is 1. The summed E-state index contributed by atoms with van der Waals surface area (Å²) in [6.07, 6.45) is 9.00. The number of nitrogens with zero attached hydrogens (tertiary/aromatic N) is 3. The minimum atomic E-state index is -0.181. The predicted molar refractivity (Wildman–Crippen MR) is 169 cm³/mol. The van der Waals surface area contributed by atoms with Crippen molar-refractivity contribution in [3.63, 3.8) is 0 Å². The van der Waals surface area contributed by atoms with Gasteiger partial charge >= 0.3 is 6.03 Å². The molecule has 8 nitrogen and oxygen atoms in total. The smallest absolute Gasteiger partial charge is 0.331 e. The van der Waals surface area contributed by atoms with Crippen molar-refractivity contribution in [2.75, 3.05) is 30.9 Å². The number of hydrogen-bond acceptors (Lipinski definition) is 6. The van der Waals surface area contributed by atoms with Gasteiger partial charge in [0.2, 0.25) is 5.91 Å². The van der Waals surface area contributed by atoms with Crippen LogP contribution in [0.3, 0.4) is 0 Å². The van der Waals surface area contributed by atoms with Crippen molar-refractivity contribution in [1.82, 2.24) is 15.2 Å². The highest BCUT2D eigenvalue weighted by molar-refractivity contribution is 7.19. The largest absolute Gasteiger partial charge is 0.457 e. The van der Waals surface area contributed by atoms with E-state index in [1.165, 1.54) is 4.88 Å². The van der Waals surface area contributed by atoms with E-state index in [0.29, 0.717) is 5.92 Å². The second kappa shape index (κ2) is 12.0. The average molecular weight is 582 g/mol. The van der Waals surface area contributed by atoms with Crippen molar-refractivity contribution in [3.8, 4) is 11.5 Å². The SMILES string of the molecule is Cc1cc(Oc2ccccc2)ccc1N1C(=O)Nc2c(C3CCC(NC(=O)/C=C/CN(C)C)CC3)sc3nccc1c23. The Hall–Kier alpha value is -4.21. The number of aryl methyl sites for hydroxylation is 1. The Bertz CT molecular complexity index is 1640. The van der Waals surface area contributed by atoms with E-state index in [1.807, 2.05) is 86.6 Å². The van der Waals surface area contributed by atoms with Crippen LogP contribution in [-0.2, 0) is 4.79 Å². The fourth-order valence-electron chi connectivity index (χ4n) is 5.82. The van der Waals surface area contributed by atoms with Gasteiger partial charge in [0.1, 0.15) is 16.3 Å². The highest BCUT2D eigenvalue weighted by Gasteiger charge is 2.34. The molecule has 0 radical (unpaired) electrons. The van der Waals surface area contributed by atoms with Crippen LogP contribution in [0.15, 0.2) is 72.9 Å². The number of nitrogens with one attached hydrogen (secondary N) is 2. The van der Waals surface area contributed by atoms with Crippen LogP contribution >= 0.6 is 11.3 Å². The molecule has 2 aromatic heterocycles. The molecular formula is C33H35N5O3S. The zero-order chi connectivity index (χ0) is 29.2. The number of para-hydroxylation sites is 1. The van der Waals surface area contributed by atoms with E-state index in [4.69, 9.17) is 4.74 Å². The van der Waals surface area contributed by atoms with Gasteiger partial charge in [-0.2, -0.15) is 0 Å². The first kappa shape index (κ1) is 27.9. The number of ether oxygens (including phenoxy) is 1. The first-order chi connectivity index (χ1) is 20.4. The Labute approximate surface area is 250 Å². The summed E-state index contributed by atoms with van der Waals surface area (Å²) in [6.45, 7) is 2.73. The van der Waals surface area contributed by atoms with Crippen molar-refractivity contribution in [2.45, 2.75) is 44.6 Å². The summed E-state index contributed by atoms with van der Waals surface area (Å²) in [6, 6.07) is 17.3. The Morgan fingerprint density at radius 1 is 1.10 bits per heavy atom. The number of pyridine rings is 1. The summed E-state index contributed by atoms with van der Waals surface area (Å²) >= 11 is 1.67. The van der Waals surface area contributed by atoms with E-state index >= 15 is 0 Å². The lowest BCUT2D eigenvalue weighted by Gasteiger charge is -2.32. The number of urea groups is 1. The third-order valence-electron chi connectivity index (χ3n) is 7.85. The van der Waals surface area contributed by atoms with E-state index in [2.05, 4.69) is 15.6 Å². The third kappa shape index (κ3) is 5.75. The van der Waals surface area contributed by atoms with Gasteiger partial charge in [-0.15, -0.1) is 11.3 Å². The van der Waals surface area contributed by atoms with Crippen LogP contribution in [0.2, 0.25) is 0 Å². The molecular weight excluding hydrogens is 546 g/mol. The van der Waals surface area contributed by atoms with Gasteiger partial charge in [0, 0.05) is 29.7 Å². The lowest BCUT2D eigenvalue weighted by molar-refractivity contribution is -0.117. The van der Waals surface area contributed by atoms with Crippen molar-refractivity contribution >= 4 is 50.6 Å².